The van der Waals surface area contributed by atoms with Gasteiger partial charge in [0.25, 0.3) is 0 Å². The van der Waals surface area contributed by atoms with Gasteiger partial charge in [-0.25, -0.2) is 0 Å². The van der Waals surface area contributed by atoms with Gasteiger partial charge in [0.1, 0.15) is 6.61 Å². The third-order valence-corrected chi connectivity index (χ3v) is 2.25. The van der Waals surface area contributed by atoms with Crippen molar-refractivity contribution in [3.8, 4) is 0 Å². The summed E-state index contributed by atoms with van der Waals surface area (Å²) >= 11 is 0. The van der Waals surface area contributed by atoms with Gasteiger partial charge < -0.3 is 9.64 Å². The molecule has 0 N–H and O–H groups in total. The molecule has 1 saturated heterocycles. The number of carbonyl (C=O) groups is 2. The van der Waals surface area contributed by atoms with Crippen LogP contribution in [0.4, 0.5) is 0 Å². The summed E-state index contributed by atoms with van der Waals surface area (Å²) in [4.78, 5) is 24.5. The zero-order valence-corrected chi connectivity index (χ0v) is 9.00. The van der Waals surface area contributed by atoms with Gasteiger partial charge in [-0.15, -0.1) is 0 Å². The first-order chi connectivity index (χ1) is 6.41. The molecule has 0 radical (unpaired) electrons. The Balaban J connectivity index is 2.51. The molecule has 80 valence electrons. The third-order valence-electron chi connectivity index (χ3n) is 2.25. The van der Waals surface area contributed by atoms with Crippen molar-refractivity contribution in [3.63, 3.8) is 0 Å². The number of ketones is 1. The van der Waals surface area contributed by atoms with Crippen LogP contribution < -0.4 is 0 Å². The van der Waals surface area contributed by atoms with Crippen molar-refractivity contribution >= 4 is 11.7 Å². The van der Waals surface area contributed by atoms with Gasteiger partial charge in [-0.2, -0.15) is 0 Å². The van der Waals surface area contributed by atoms with Gasteiger partial charge in [0.2, 0.25) is 5.91 Å². The van der Waals surface area contributed by atoms with E-state index in [0.29, 0.717) is 13.2 Å². The summed E-state index contributed by atoms with van der Waals surface area (Å²) in [6, 6.07) is 0. The van der Waals surface area contributed by atoms with Gasteiger partial charge in [0.05, 0.1) is 13.2 Å². The molecule has 0 aromatic rings. The Morgan fingerprint density at radius 1 is 1.50 bits per heavy atom. The minimum atomic E-state index is -0.376. The molecule has 0 saturated carbocycles. The number of nitrogens with zero attached hydrogens (tertiary/aromatic N) is 1. The van der Waals surface area contributed by atoms with Crippen LogP contribution in [0, 0.1) is 5.41 Å². The molecular formula is C10H17NO3. The van der Waals surface area contributed by atoms with Gasteiger partial charge >= 0.3 is 0 Å². The van der Waals surface area contributed by atoms with E-state index in [0.717, 1.165) is 0 Å². The van der Waals surface area contributed by atoms with Crippen molar-refractivity contribution in [1.29, 1.82) is 0 Å². The van der Waals surface area contributed by atoms with E-state index in [1.54, 1.807) is 4.90 Å². The Hall–Kier alpha value is -0.900. The fourth-order valence-corrected chi connectivity index (χ4v) is 1.13. The molecule has 0 atom stereocenters. The summed E-state index contributed by atoms with van der Waals surface area (Å²) in [7, 11) is 0. The molecule has 1 rings (SSSR count). The van der Waals surface area contributed by atoms with Crippen molar-refractivity contribution in [2.75, 3.05) is 26.3 Å². The van der Waals surface area contributed by atoms with Gasteiger partial charge in [0, 0.05) is 12.0 Å². The standard InChI is InChI=1S/C10H17NO3/c1-10(2,3)8(12)6-11-4-5-14-7-9(11)13/h4-7H2,1-3H3. The SMILES string of the molecule is CC(C)(C)C(=O)CN1CCOCC1=O. The first-order valence-electron chi connectivity index (χ1n) is 4.80. The Morgan fingerprint density at radius 2 is 2.14 bits per heavy atom. The minimum absolute atomic E-state index is 0.0890. The van der Waals surface area contributed by atoms with Crippen molar-refractivity contribution in [2.24, 2.45) is 5.41 Å². The summed E-state index contributed by atoms with van der Waals surface area (Å²) < 4.78 is 4.98. The predicted octanol–water partition coefficient (Wildman–Crippen LogP) is 0.460. The van der Waals surface area contributed by atoms with E-state index in [2.05, 4.69) is 0 Å². The van der Waals surface area contributed by atoms with Gasteiger partial charge in [-0.3, -0.25) is 9.59 Å². The van der Waals surface area contributed by atoms with Crippen molar-refractivity contribution in [3.05, 3.63) is 0 Å². The van der Waals surface area contributed by atoms with Crippen LogP contribution in [-0.2, 0) is 14.3 Å². The molecule has 14 heavy (non-hydrogen) atoms. The zero-order chi connectivity index (χ0) is 10.8. The van der Waals surface area contributed by atoms with Crippen LogP contribution in [0.15, 0.2) is 0 Å². The molecule has 1 aliphatic rings. The maximum Gasteiger partial charge on any atom is 0.249 e. The highest BCUT2D eigenvalue weighted by molar-refractivity contribution is 5.89. The van der Waals surface area contributed by atoms with E-state index >= 15 is 0 Å². The molecule has 1 heterocycles. The van der Waals surface area contributed by atoms with E-state index in [9.17, 15) is 9.59 Å². The summed E-state index contributed by atoms with van der Waals surface area (Å²) in [5.74, 6) is 0.00148. The fraction of sp³-hybridized carbons (Fsp3) is 0.800. The predicted molar refractivity (Wildman–Crippen MR) is 51.9 cm³/mol. The molecule has 0 aromatic carbocycles. The van der Waals surface area contributed by atoms with Gasteiger partial charge in [-0.1, -0.05) is 20.8 Å². The van der Waals surface area contributed by atoms with Gasteiger partial charge in [-0.05, 0) is 0 Å². The second-order valence-electron chi connectivity index (χ2n) is 4.54. The lowest BCUT2D eigenvalue weighted by atomic mass is 9.90. The van der Waals surface area contributed by atoms with Crippen molar-refractivity contribution < 1.29 is 14.3 Å². The highest BCUT2D eigenvalue weighted by Gasteiger charge is 2.27. The van der Waals surface area contributed by atoms with E-state index in [1.165, 1.54) is 0 Å². The lowest BCUT2D eigenvalue weighted by Crippen LogP contribution is -2.46. The number of Topliss-reactive ketones (excluding diaryl/α,β-unsaturated/α-hetero) is 1. The van der Waals surface area contributed by atoms with Crippen LogP contribution >= 0.6 is 0 Å². The molecule has 4 heteroatoms. The smallest absolute Gasteiger partial charge is 0.249 e. The number of morpholine rings is 1. The maximum absolute atomic E-state index is 11.6. The van der Waals surface area contributed by atoms with E-state index in [4.69, 9.17) is 4.74 Å². The average Bonchev–Trinajstić information content (AvgIpc) is 2.07. The molecule has 1 fully saturated rings. The largest absolute Gasteiger partial charge is 0.370 e. The molecule has 0 aliphatic carbocycles. The molecule has 4 nitrogen and oxygen atoms in total. The Labute approximate surface area is 84.2 Å². The molecule has 1 amide bonds. The highest BCUT2D eigenvalue weighted by Crippen LogP contribution is 2.15. The highest BCUT2D eigenvalue weighted by atomic mass is 16.5. The van der Waals surface area contributed by atoms with Crippen LogP contribution in [0.3, 0.4) is 0 Å². The van der Waals surface area contributed by atoms with Gasteiger partial charge in [0.15, 0.2) is 5.78 Å². The molecular weight excluding hydrogens is 182 g/mol. The Kier molecular flexibility index (Phi) is 3.26. The van der Waals surface area contributed by atoms with Crippen molar-refractivity contribution in [2.45, 2.75) is 20.8 Å². The lowest BCUT2D eigenvalue weighted by Gasteiger charge is -2.28. The molecule has 0 bridgehead atoms. The number of rotatable bonds is 2. The fourth-order valence-electron chi connectivity index (χ4n) is 1.13. The second-order valence-corrected chi connectivity index (χ2v) is 4.54. The van der Waals surface area contributed by atoms with Crippen LogP contribution in [0.5, 0.6) is 0 Å². The van der Waals surface area contributed by atoms with Crippen LogP contribution in [0.2, 0.25) is 0 Å². The topological polar surface area (TPSA) is 46.6 Å². The number of ether oxygens (including phenoxy) is 1. The number of carbonyl (C=O) groups excluding carboxylic acids is 2. The summed E-state index contributed by atoms with van der Waals surface area (Å²) in [6.45, 7) is 6.97. The summed E-state index contributed by atoms with van der Waals surface area (Å²) in [5, 5.41) is 0. The van der Waals surface area contributed by atoms with E-state index in [1.807, 2.05) is 20.8 Å². The van der Waals surface area contributed by atoms with E-state index < -0.39 is 0 Å². The second kappa shape index (κ2) is 4.09. The van der Waals surface area contributed by atoms with Crippen LogP contribution in [0.25, 0.3) is 0 Å². The third kappa shape index (κ3) is 2.80. The molecule has 0 aromatic heterocycles. The number of hydrogen-bond acceptors (Lipinski definition) is 3. The molecule has 0 unspecified atom stereocenters. The summed E-state index contributed by atoms with van der Waals surface area (Å²) in [5.41, 5.74) is -0.376. The lowest BCUT2D eigenvalue weighted by molar-refractivity contribution is -0.146. The zero-order valence-electron chi connectivity index (χ0n) is 9.00. The monoisotopic (exact) mass is 199 g/mol. The van der Waals surface area contributed by atoms with Crippen molar-refractivity contribution in [1.82, 2.24) is 4.90 Å². The van der Waals surface area contributed by atoms with Crippen LogP contribution in [0.1, 0.15) is 20.8 Å². The maximum atomic E-state index is 11.6. The molecule has 0 spiro atoms. The van der Waals surface area contributed by atoms with Crippen LogP contribution in [-0.4, -0.2) is 42.9 Å². The number of hydrogen-bond donors (Lipinski definition) is 0. The molecule has 1 aliphatic heterocycles. The minimum Gasteiger partial charge on any atom is -0.370 e. The van der Waals surface area contributed by atoms with E-state index in [-0.39, 0.29) is 30.3 Å². The summed E-state index contributed by atoms with van der Waals surface area (Å²) in [6.07, 6.45) is 0. The first-order valence-corrected chi connectivity index (χ1v) is 4.80. The first kappa shape index (κ1) is 11.2. The quantitative estimate of drug-likeness (QED) is 0.649. The normalized spacial score (nSPS) is 18.5. The Morgan fingerprint density at radius 3 is 2.64 bits per heavy atom. The Bertz CT molecular complexity index is 242. The average molecular weight is 199 g/mol. The number of amides is 1.